The number of nitrogens with zero attached hydrogens (tertiary/aromatic N) is 2. The van der Waals surface area contributed by atoms with E-state index in [0.717, 1.165) is 32.3 Å². The molecule has 126 valence electrons. The number of amides is 1. The van der Waals surface area contributed by atoms with Gasteiger partial charge in [0.25, 0.3) is 0 Å². The molecule has 0 aliphatic carbocycles. The minimum Gasteiger partial charge on any atom is -0.377 e. The summed E-state index contributed by atoms with van der Waals surface area (Å²) in [6.45, 7) is 1.40. The van der Waals surface area contributed by atoms with Gasteiger partial charge in [-0.2, -0.15) is 0 Å². The number of benzene rings is 1. The molecule has 1 amide bonds. The van der Waals surface area contributed by atoms with Crippen molar-refractivity contribution in [3.05, 3.63) is 59.6 Å². The van der Waals surface area contributed by atoms with E-state index < -0.39 is 0 Å². The summed E-state index contributed by atoms with van der Waals surface area (Å²) < 4.78 is 5.65. The van der Waals surface area contributed by atoms with Crippen molar-refractivity contribution in [1.82, 2.24) is 5.32 Å². The van der Waals surface area contributed by atoms with Gasteiger partial charge in [0, 0.05) is 25.5 Å². The topological polar surface area (TPSA) is 63.0 Å². The Morgan fingerprint density at radius 2 is 2.12 bits per heavy atom. The largest absolute Gasteiger partial charge is 0.377 e. The second kappa shape index (κ2) is 11.1. The number of carbonyl (C=O) groups excluding carboxylic acids is 1. The second-order valence-electron chi connectivity index (χ2n) is 5.29. The minimum atomic E-state index is 0.487. The van der Waals surface area contributed by atoms with Gasteiger partial charge in [-0.05, 0) is 30.9 Å². The molecular weight excluding hydrogens is 302 g/mol. The van der Waals surface area contributed by atoms with E-state index in [0.29, 0.717) is 24.5 Å². The predicted octanol–water partition coefficient (Wildman–Crippen LogP) is 3.39. The maximum absolute atomic E-state index is 10.6. The second-order valence-corrected chi connectivity index (χ2v) is 5.29. The molecule has 0 bridgehead atoms. The Kier molecular flexibility index (Phi) is 8.22. The first-order valence-corrected chi connectivity index (χ1v) is 8.18. The maximum atomic E-state index is 10.6. The first-order chi connectivity index (χ1) is 11.9. The molecule has 0 radical (unpaired) electrons. The number of allylic oxidation sites excluding steroid dienone is 2. The molecule has 1 heterocycles. The van der Waals surface area contributed by atoms with E-state index >= 15 is 0 Å². The third kappa shape index (κ3) is 6.71. The van der Waals surface area contributed by atoms with Gasteiger partial charge in [-0.3, -0.25) is 9.79 Å². The van der Waals surface area contributed by atoms with Gasteiger partial charge in [-0.1, -0.05) is 36.4 Å². The van der Waals surface area contributed by atoms with Crippen LogP contribution in [-0.4, -0.2) is 25.4 Å². The average molecular weight is 325 g/mol. The van der Waals surface area contributed by atoms with Gasteiger partial charge in [0.1, 0.15) is 5.70 Å². The molecule has 0 saturated heterocycles. The van der Waals surface area contributed by atoms with Crippen molar-refractivity contribution in [2.45, 2.75) is 32.3 Å². The van der Waals surface area contributed by atoms with Crippen LogP contribution in [0.25, 0.3) is 0 Å². The first kappa shape index (κ1) is 17.8. The van der Waals surface area contributed by atoms with Crippen LogP contribution in [0, 0.1) is 0 Å². The minimum absolute atomic E-state index is 0.487. The predicted molar refractivity (Wildman–Crippen MR) is 96.9 cm³/mol. The molecule has 1 N–H and O–H groups in total. The smallest absolute Gasteiger partial charge is 0.212 e. The molecule has 0 atom stereocenters. The van der Waals surface area contributed by atoms with Gasteiger partial charge in [0.05, 0.1) is 6.61 Å². The fraction of sp³-hybridized carbons (Fsp3) is 0.316. The van der Waals surface area contributed by atoms with Crippen LogP contribution in [0.1, 0.15) is 31.2 Å². The number of nitrogens with one attached hydrogen (secondary N) is 1. The molecule has 5 heteroatoms. The number of unbranched alkanes of at least 4 members (excludes halogenated alkanes) is 2. The summed E-state index contributed by atoms with van der Waals surface area (Å²) in [7, 11) is 0. The molecular formula is C19H23N3O2. The quantitative estimate of drug-likeness (QED) is 0.407. The summed E-state index contributed by atoms with van der Waals surface area (Å²) in [4.78, 5) is 19.2. The number of aliphatic imine (C=N–C) groups is 2. The molecule has 1 aliphatic rings. The fourth-order valence-electron chi connectivity index (χ4n) is 2.17. The van der Waals surface area contributed by atoms with E-state index in [1.807, 2.05) is 36.6 Å². The third-order valence-electron chi connectivity index (χ3n) is 3.39. The molecule has 24 heavy (non-hydrogen) atoms. The van der Waals surface area contributed by atoms with Crippen LogP contribution in [0.15, 0.2) is 64.0 Å². The lowest BCUT2D eigenvalue weighted by Crippen LogP contribution is -2.10. The van der Waals surface area contributed by atoms with Gasteiger partial charge in [0.15, 0.2) is 5.82 Å². The molecule has 0 fully saturated rings. The lowest BCUT2D eigenvalue weighted by atomic mass is 10.2. The molecule has 1 aromatic carbocycles. The van der Waals surface area contributed by atoms with Crippen LogP contribution in [0.4, 0.5) is 0 Å². The molecule has 1 aliphatic heterocycles. The summed E-state index contributed by atoms with van der Waals surface area (Å²) in [5, 5.41) is 2.58. The highest BCUT2D eigenvalue weighted by Gasteiger charge is 2.02. The first-order valence-electron chi connectivity index (χ1n) is 8.18. The van der Waals surface area contributed by atoms with Crippen LogP contribution >= 0.6 is 0 Å². The van der Waals surface area contributed by atoms with Crippen LogP contribution in [-0.2, 0) is 16.1 Å². The standard InChI is InChI=1S/C19H23N3O2/c23-16-22-19-18(11-5-7-13-21-19)20-12-6-2-8-14-24-15-17-9-3-1-4-10-17/h1,3-5,9-13,16H,2,6-8,14-15H2,(H,22,23). The van der Waals surface area contributed by atoms with Gasteiger partial charge in [0.2, 0.25) is 6.41 Å². The monoisotopic (exact) mass is 325 g/mol. The van der Waals surface area contributed by atoms with E-state index in [1.165, 1.54) is 5.56 Å². The summed E-state index contributed by atoms with van der Waals surface area (Å²) in [5.74, 6) is 0.487. The number of hydrogen-bond acceptors (Lipinski definition) is 4. The number of rotatable bonds is 10. The summed E-state index contributed by atoms with van der Waals surface area (Å²) in [6.07, 6.45) is 11.7. The van der Waals surface area contributed by atoms with E-state index in [4.69, 9.17) is 4.74 Å². The van der Waals surface area contributed by atoms with Crippen LogP contribution < -0.4 is 5.32 Å². The lowest BCUT2D eigenvalue weighted by Gasteiger charge is -2.03. The van der Waals surface area contributed by atoms with Crippen molar-refractivity contribution in [1.29, 1.82) is 0 Å². The zero-order valence-electron chi connectivity index (χ0n) is 13.7. The summed E-state index contributed by atoms with van der Waals surface area (Å²) in [6, 6.07) is 10.2. The molecule has 2 rings (SSSR count). The van der Waals surface area contributed by atoms with Gasteiger partial charge in [-0.25, -0.2) is 4.99 Å². The summed E-state index contributed by atoms with van der Waals surface area (Å²) >= 11 is 0. The summed E-state index contributed by atoms with van der Waals surface area (Å²) in [5.41, 5.74) is 1.87. The maximum Gasteiger partial charge on any atom is 0.212 e. The third-order valence-corrected chi connectivity index (χ3v) is 3.39. The Bertz CT molecular complexity index is 619. The van der Waals surface area contributed by atoms with Crippen molar-refractivity contribution in [3.63, 3.8) is 0 Å². The van der Waals surface area contributed by atoms with Crippen LogP contribution in [0.3, 0.4) is 0 Å². The highest BCUT2D eigenvalue weighted by Crippen LogP contribution is 2.10. The zero-order valence-corrected chi connectivity index (χ0v) is 13.7. The zero-order chi connectivity index (χ0) is 16.9. The molecule has 1 aromatic rings. The number of hydrogen-bond donors (Lipinski definition) is 1. The Morgan fingerprint density at radius 3 is 2.96 bits per heavy atom. The normalized spacial score (nSPS) is 14.2. The average Bonchev–Trinajstić information content (AvgIpc) is 2.84. The fourth-order valence-corrected chi connectivity index (χ4v) is 2.17. The molecule has 0 spiro atoms. The molecule has 0 saturated carbocycles. The Labute approximate surface area is 142 Å². The molecule has 0 aromatic heterocycles. The highest BCUT2D eigenvalue weighted by molar-refractivity contribution is 5.66. The van der Waals surface area contributed by atoms with Crippen molar-refractivity contribution in [2.24, 2.45) is 9.98 Å². The Hall–Kier alpha value is -2.53. The van der Waals surface area contributed by atoms with Gasteiger partial charge in [-0.15, -0.1) is 0 Å². The van der Waals surface area contributed by atoms with E-state index in [1.54, 1.807) is 6.21 Å². The van der Waals surface area contributed by atoms with E-state index in [2.05, 4.69) is 27.4 Å². The van der Waals surface area contributed by atoms with E-state index in [-0.39, 0.29) is 0 Å². The number of carbonyl (C=O) groups is 1. The van der Waals surface area contributed by atoms with Gasteiger partial charge >= 0.3 is 0 Å². The van der Waals surface area contributed by atoms with Crippen molar-refractivity contribution in [3.8, 4) is 0 Å². The number of ether oxygens (including phenoxy) is 1. The Balaban J connectivity index is 1.65. The van der Waals surface area contributed by atoms with Crippen LogP contribution in [0.5, 0.6) is 0 Å². The van der Waals surface area contributed by atoms with E-state index in [9.17, 15) is 4.79 Å². The molecule has 5 nitrogen and oxygen atoms in total. The van der Waals surface area contributed by atoms with Crippen molar-refractivity contribution in [2.75, 3.05) is 6.61 Å². The SMILES string of the molecule is O=CNC1=C(N=CCCCCOCc2ccccc2)C=CCC=N1. The molecule has 0 unspecified atom stereocenters. The Morgan fingerprint density at radius 1 is 1.25 bits per heavy atom. The van der Waals surface area contributed by atoms with Crippen LogP contribution in [0.2, 0.25) is 0 Å². The highest BCUT2D eigenvalue weighted by atomic mass is 16.5. The van der Waals surface area contributed by atoms with Crippen molar-refractivity contribution < 1.29 is 9.53 Å². The van der Waals surface area contributed by atoms with Crippen molar-refractivity contribution >= 4 is 18.8 Å². The van der Waals surface area contributed by atoms with Gasteiger partial charge < -0.3 is 10.1 Å². The lowest BCUT2D eigenvalue weighted by molar-refractivity contribution is -0.108.